The zero-order valence-electron chi connectivity index (χ0n) is 17.0. The molecule has 0 atom stereocenters. The van der Waals surface area contributed by atoms with Gasteiger partial charge in [0, 0.05) is 12.6 Å². The molecule has 3 aromatic rings. The molecular formula is C20H17F3N4O5S. The average Bonchev–Trinajstić information content (AvgIpc) is 2.76. The van der Waals surface area contributed by atoms with E-state index in [9.17, 15) is 36.0 Å². The minimum atomic E-state index is -5.58. The minimum Gasteiger partial charge on any atom is -0.383 e. The van der Waals surface area contributed by atoms with Crippen LogP contribution in [0.15, 0.2) is 69.1 Å². The number of halogens is 3. The van der Waals surface area contributed by atoms with Crippen LogP contribution in [-0.4, -0.2) is 36.4 Å². The van der Waals surface area contributed by atoms with Crippen LogP contribution in [0.4, 0.5) is 24.7 Å². The monoisotopic (exact) mass is 482 g/mol. The van der Waals surface area contributed by atoms with Crippen molar-refractivity contribution in [2.45, 2.75) is 16.9 Å². The lowest BCUT2D eigenvalue weighted by molar-refractivity contribution is -0.0436. The van der Waals surface area contributed by atoms with Crippen molar-refractivity contribution in [2.75, 3.05) is 17.7 Å². The number of aromatic amines is 1. The van der Waals surface area contributed by atoms with Crippen molar-refractivity contribution in [3.8, 4) is 0 Å². The molecule has 9 nitrogen and oxygen atoms in total. The number of nitrogen functional groups attached to an aromatic ring is 1. The molecule has 0 aliphatic carbocycles. The molecule has 2 aromatic carbocycles. The Morgan fingerprint density at radius 1 is 1.06 bits per heavy atom. The number of carbonyl (C=O) groups excluding carboxylic acids is 1. The molecule has 3 rings (SSSR count). The lowest BCUT2D eigenvalue weighted by Crippen LogP contribution is -2.39. The summed E-state index contributed by atoms with van der Waals surface area (Å²) in [4.78, 5) is 39.3. The van der Waals surface area contributed by atoms with E-state index < -0.39 is 37.4 Å². The Hall–Kier alpha value is -3.87. The molecule has 0 saturated carbocycles. The van der Waals surface area contributed by atoms with Gasteiger partial charge in [0.05, 0.1) is 11.4 Å². The van der Waals surface area contributed by atoms with E-state index in [-0.39, 0.29) is 23.6 Å². The van der Waals surface area contributed by atoms with Crippen LogP contribution in [0.2, 0.25) is 0 Å². The van der Waals surface area contributed by atoms with E-state index in [1.54, 1.807) is 30.3 Å². The van der Waals surface area contributed by atoms with E-state index in [0.29, 0.717) is 17.7 Å². The third-order valence-corrected chi connectivity index (χ3v) is 6.26. The summed E-state index contributed by atoms with van der Waals surface area (Å²) < 4.78 is 62.1. The maximum atomic E-state index is 12.8. The fourth-order valence-electron chi connectivity index (χ4n) is 3.03. The van der Waals surface area contributed by atoms with E-state index in [2.05, 4.69) is 4.98 Å². The fraction of sp³-hybridized carbons (Fsp3) is 0.150. The zero-order chi connectivity index (χ0) is 24.6. The number of amides is 1. The fourth-order valence-corrected chi connectivity index (χ4v) is 3.79. The maximum Gasteiger partial charge on any atom is 0.501 e. The zero-order valence-corrected chi connectivity index (χ0v) is 17.8. The highest BCUT2D eigenvalue weighted by molar-refractivity contribution is 7.92. The number of anilines is 2. The van der Waals surface area contributed by atoms with Crippen molar-refractivity contribution in [1.29, 1.82) is 0 Å². The van der Waals surface area contributed by atoms with Crippen LogP contribution in [-0.2, 0) is 16.4 Å². The maximum absolute atomic E-state index is 12.8. The average molecular weight is 482 g/mol. The van der Waals surface area contributed by atoms with Gasteiger partial charge < -0.3 is 10.6 Å². The number of nitrogens with one attached hydrogen (secondary N) is 1. The molecule has 0 fully saturated rings. The number of H-pyrrole nitrogens is 1. The first-order chi connectivity index (χ1) is 15.3. The molecule has 0 aliphatic heterocycles. The Morgan fingerprint density at radius 2 is 1.64 bits per heavy atom. The molecule has 0 radical (unpaired) electrons. The van der Waals surface area contributed by atoms with Crippen molar-refractivity contribution in [3.63, 3.8) is 0 Å². The van der Waals surface area contributed by atoms with Gasteiger partial charge in [-0.15, -0.1) is 0 Å². The first kappa shape index (κ1) is 23.8. The smallest absolute Gasteiger partial charge is 0.383 e. The van der Waals surface area contributed by atoms with Gasteiger partial charge in [0.15, 0.2) is 5.69 Å². The normalized spacial score (nSPS) is 11.9. The first-order valence-corrected chi connectivity index (χ1v) is 10.7. The molecule has 0 unspecified atom stereocenters. The third kappa shape index (κ3) is 4.53. The summed E-state index contributed by atoms with van der Waals surface area (Å²) in [5.74, 6) is -1.17. The lowest BCUT2D eigenvalue weighted by Gasteiger charge is -2.20. The third-order valence-electron chi connectivity index (χ3n) is 4.75. The SMILES string of the molecule is CN(C(=O)c1ccc(S(=O)(=O)C(F)(F)F)cc1)c1c(N)n(Cc2ccccc2)c(=O)[nH]c1=O. The molecule has 33 heavy (non-hydrogen) atoms. The van der Waals surface area contributed by atoms with Gasteiger partial charge in [-0.05, 0) is 29.8 Å². The molecule has 174 valence electrons. The summed E-state index contributed by atoms with van der Waals surface area (Å²) in [7, 11) is -4.40. The number of carbonyl (C=O) groups is 1. The van der Waals surface area contributed by atoms with Gasteiger partial charge in [0.2, 0.25) is 0 Å². The van der Waals surface area contributed by atoms with E-state index in [1.165, 1.54) is 7.05 Å². The molecule has 1 aromatic heterocycles. The Morgan fingerprint density at radius 3 is 2.18 bits per heavy atom. The summed E-state index contributed by atoms with van der Waals surface area (Å²) in [6, 6.07) is 11.7. The highest BCUT2D eigenvalue weighted by Crippen LogP contribution is 2.30. The highest BCUT2D eigenvalue weighted by atomic mass is 32.2. The van der Waals surface area contributed by atoms with Crippen LogP contribution in [0.25, 0.3) is 0 Å². The molecule has 0 saturated heterocycles. The predicted molar refractivity (Wildman–Crippen MR) is 114 cm³/mol. The van der Waals surface area contributed by atoms with Gasteiger partial charge in [0.25, 0.3) is 21.3 Å². The molecule has 0 aliphatic rings. The van der Waals surface area contributed by atoms with Crippen molar-refractivity contribution >= 4 is 27.2 Å². The number of rotatable bonds is 5. The lowest BCUT2D eigenvalue weighted by atomic mass is 10.2. The number of alkyl halides is 3. The molecule has 0 spiro atoms. The number of hydrogen-bond donors (Lipinski definition) is 2. The van der Waals surface area contributed by atoms with E-state index in [1.807, 2.05) is 0 Å². The topological polar surface area (TPSA) is 135 Å². The molecule has 1 heterocycles. The second kappa shape index (κ2) is 8.58. The quantitative estimate of drug-likeness (QED) is 0.569. The molecule has 0 bridgehead atoms. The highest BCUT2D eigenvalue weighted by Gasteiger charge is 2.46. The van der Waals surface area contributed by atoms with Gasteiger partial charge in [-0.25, -0.2) is 13.2 Å². The predicted octanol–water partition coefficient (Wildman–Crippen LogP) is 1.74. The molecule has 3 N–H and O–H groups in total. The van der Waals surface area contributed by atoms with Crippen LogP contribution >= 0.6 is 0 Å². The van der Waals surface area contributed by atoms with Crippen LogP contribution in [0, 0.1) is 0 Å². The molecule has 1 amide bonds. The summed E-state index contributed by atoms with van der Waals surface area (Å²) in [6.07, 6.45) is 0. The van der Waals surface area contributed by atoms with Crippen LogP contribution < -0.4 is 21.9 Å². The number of hydrogen-bond acceptors (Lipinski definition) is 6. The van der Waals surface area contributed by atoms with Gasteiger partial charge in [-0.1, -0.05) is 30.3 Å². The Labute approximate surface area is 184 Å². The van der Waals surface area contributed by atoms with Crippen molar-refractivity contribution in [3.05, 3.63) is 86.6 Å². The van der Waals surface area contributed by atoms with Gasteiger partial charge in [-0.3, -0.25) is 19.1 Å². The van der Waals surface area contributed by atoms with Crippen molar-refractivity contribution in [1.82, 2.24) is 9.55 Å². The van der Waals surface area contributed by atoms with E-state index in [0.717, 1.165) is 21.6 Å². The summed E-state index contributed by atoms with van der Waals surface area (Å²) in [6.45, 7) is 0.00131. The first-order valence-electron chi connectivity index (χ1n) is 9.20. The van der Waals surface area contributed by atoms with Crippen LogP contribution in [0.5, 0.6) is 0 Å². The van der Waals surface area contributed by atoms with Crippen molar-refractivity contribution in [2.24, 2.45) is 0 Å². The molecular weight excluding hydrogens is 465 g/mol. The number of benzene rings is 2. The van der Waals surface area contributed by atoms with Gasteiger partial charge >= 0.3 is 11.2 Å². The minimum absolute atomic E-state index is 0.00131. The number of nitrogens with zero attached hydrogens (tertiary/aromatic N) is 2. The van der Waals surface area contributed by atoms with Crippen LogP contribution in [0.1, 0.15) is 15.9 Å². The number of aromatic nitrogens is 2. The van der Waals surface area contributed by atoms with Crippen molar-refractivity contribution < 1.29 is 26.4 Å². The molecule has 13 heteroatoms. The summed E-state index contributed by atoms with van der Waals surface area (Å²) >= 11 is 0. The van der Waals surface area contributed by atoms with Crippen LogP contribution in [0.3, 0.4) is 0 Å². The van der Waals surface area contributed by atoms with Gasteiger partial charge in [-0.2, -0.15) is 13.2 Å². The largest absolute Gasteiger partial charge is 0.501 e. The Balaban J connectivity index is 1.97. The Bertz CT molecular complexity index is 1410. The number of sulfone groups is 1. The Kier molecular flexibility index (Phi) is 6.18. The summed E-state index contributed by atoms with van der Waals surface area (Å²) in [5, 5.41) is 0. The van der Waals surface area contributed by atoms with E-state index >= 15 is 0 Å². The second-order valence-corrected chi connectivity index (χ2v) is 8.84. The number of nitrogens with two attached hydrogens (primary N) is 1. The summed E-state index contributed by atoms with van der Waals surface area (Å²) in [5.41, 5.74) is -1.10. The standard InChI is InChI=1S/C20H17F3N4O5S/c1-26(18(29)13-7-9-14(10-8-13)33(31,32)20(21,22)23)15-16(24)27(19(30)25-17(15)28)11-12-5-3-2-4-6-12/h2-10H,11,24H2,1H3,(H,25,28,30). The second-order valence-electron chi connectivity index (χ2n) is 6.90. The van der Waals surface area contributed by atoms with Gasteiger partial charge in [0.1, 0.15) is 5.82 Å². The van der Waals surface area contributed by atoms with E-state index in [4.69, 9.17) is 5.73 Å².